The smallest absolute Gasteiger partial charge is 0.191 e. The van der Waals surface area contributed by atoms with E-state index in [0.717, 1.165) is 37.9 Å². The van der Waals surface area contributed by atoms with Crippen LogP contribution in [-0.4, -0.2) is 49.6 Å². The van der Waals surface area contributed by atoms with Crippen LogP contribution >= 0.6 is 0 Å². The average Bonchev–Trinajstić information content (AvgIpc) is 2.49. The molecular weight excluding hydrogens is 272 g/mol. The minimum absolute atomic E-state index is 0.612. The van der Waals surface area contributed by atoms with Gasteiger partial charge in [0.25, 0.3) is 0 Å². The molecule has 0 aromatic heterocycles. The number of rotatable bonds is 8. The molecule has 0 radical (unpaired) electrons. The van der Waals surface area contributed by atoms with Crippen molar-refractivity contribution in [2.45, 2.75) is 78.3 Å². The van der Waals surface area contributed by atoms with Gasteiger partial charge >= 0.3 is 0 Å². The summed E-state index contributed by atoms with van der Waals surface area (Å²) in [6.45, 7) is 12.0. The molecule has 0 unspecified atom stereocenters. The second-order valence-corrected chi connectivity index (χ2v) is 7.14. The van der Waals surface area contributed by atoms with Crippen LogP contribution in [0.4, 0.5) is 0 Å². The quantitative estimate of drug-likeness (QED) is 0.411. The molecule has 0 spiro atoms. The molecule has 1 rings (SSSR count). The molecule has 130 valence electrons. The Bertz CT molecular complexity index is 306. The lowest BCUT2D eigenvalue weighted by Crippen LogP contribution is -2.44. The predicted molar refractivity (Wildman–Crippen MR) is 97.5 cm³/mol. The van der Waals surface area contributed by atoms with E-state index < -0.39 is 0 Å². The summed E-state index contributed by atoms with van der Waals surface area (Å²) >= 11 is 0. The largest absolute Gasteiger partial charge is 0.357 e. The Morgan fingerprint density at radius 1 is 1.18 bits per heavy atom. The van der Waals surface area contributed by atoms with E-state index in [0.29, 0.717) is 12.1 Å². The standard InChI is InChI=1S/C18H38N4/c1-6-19-18(21-17-11-9-16(4)10-12-17)20-13-7-8-14-22(5)15(2)3/h15-17H,6-14H2,1-5H3,(H2,19,20,21). The molecular formula is C18H38N4. The van der Waals surface area contributed by atoms with E-state index >= 15 is 0 Å². The normalized spacial score (nSPS) is 23.1. The number of nitrogens with zero attached hydrogens (tertiary/aromatic N) is 2. The molecule has 22 heavy (non-hydrogen) atoms. The van der Waals surface area contributed by atoms with Gasteiger partial charge in [0.15, 0.2) is 5.96 Å². The number of aliphatic imine (C=N–C) groups is 1. The summed E-state index contributed by atoms with van der Waals surface area (Å²) in [7, 11) is 2.20. The van der Waals surface area contributed by atoms with Crippen molar-refractivity contribution in [1.29, 1.82) is 0 Å². The van der Waals surface area contributed by atoms with Gasteiger partial charge in [-0.05, 0) is 78.8 Å². The lowest BCUT2D eigenvalue weighted by Gasteiger charge is -2.28. The van der Waals surface area contributed by atoms with Gasteiger partial charge in [-0.1, -0.05) is 6.92 Å². The van der Waals surface area contributed by atoms with Gasteiger partial charge in [-0.3, -0.25) is 4.99 Å². The van der Waals surface area contributed by atoms with Gasteiger partial charge in [0, 0.05) is 25.2 Å². The average molecular weight is 311 g/mol. The Morgan fingerprint density at radius 2 is 1.86 bits per heavy atom. The molecule has 0 bridgehead atoms. The summed E-state index contributed by atoms with van der Waals surface area (Å²) in [4.78, 5) is 7.14. The first-order valence-electron chi connectivity index (χ1n) is 9.28. The van der Waals surface area contributed by atoms with Gasteiger partial charge in [-0.15, -0.1) is 0 Å². The fourth-order valence-electron chi connectivity index (χ4n) is 2.84. The minimum atomic E-state index is 0.612. The summed E-state index contributed by atoms with van der Waals surface area (Å²) in [6.07, 6.45) is 7.64. The maximum atomic E-state index is 4.74. The molecule has 1 fully saturated rings. The molecule has 1 aliphatic rings. The molecule has 0 saturated heterocycles. The van der Waals surface area contributed by atoms with E-state index in [4.69, 9.17) is 4.99 Å². The van der Waals surface area contributed by atoms with E-state index in [1.54, 1.807) is 0 Å². The summed E-state index contributed by atoms with van der Waals surface area (Å²) < 4.78 is 0. The van der Waals surface area contributed by atoms with Crippen molar-refractivity contribution in [2.75, 3.05) is 26.7 Å². The fraction of sp³-hybridized carbons (Fsp3) is 0.944. The summed E-state index contributed by atoms with van der Waals surface area (Å²) in [5.41, 5.74) is 0. The van der Waals surface area contributed by atoms with E-state index in [9.17, 15) is 0 Å². The van der Waals surface area contributed by atoms with Gasteiger partial charge in [0.1, 0.15) is 0 Å². The summed E-state index contributed by atoms with van der Waals surface area (Å²) in [6, 6.07) is 1.25. The first kappa shape index (κ1) is 19.3. The Kier molecular flexibility index (Phi) is 9.53. The van der Waals surface area contributed by atoms with E-state index in [1.165, 1.54) is 32.1 Å². The summed E-state index contributed by atoms with van der Waals surface area (Å²) in [5, 5.41) is 7.01. The molecule has 0 amide bonds. The van der Waals surface area contributed by atoms with Gasteiger partial charge in [-0.2, -0.15) is 0 Å². The van der Waals surface area contributed by atoms with Crippen molar-refractivity contribution >= 4 is 5.96 Å². The highest BCUT2D eigenvalue weighted by molar-refractivity contribution is 5.80. The Hall–Kier alpha value is -0.770. The van der Waals surface area contributed by atoms with Crippen LogP contribution in [-0.2, 0) is 0 Å². The molecule has 0 atom stereocenters. The monoisotopic (exact) mass is 310 g/mol. The van der Waals surface area contributed by atoms with Gasteiger partial charge in [-0.25, -0.2) is 0 Å². The van der Waals surface area contributed by atoms with Crippen molar-refractivity contribution in [3.8, 4) is 0 Å². The lowest BCUT2D eigenvalue weighted by atomic mass is 9.87. The van der Waals surface area contributed by atoms with Crippen LogP contribution in [0.25, 0.3) is 0 Å². The van der Waals surface area contributed by atoms with E-state index in [1.807, 2.05) is 0 Å². The van der Waals surface area contributed by atoms with Crippen LogP contribution in [0.15, 0.2) is 4.99 Å². The Morgan fingerprint density at radius 3 is 2.45 bits per heavy atom. The van der Waals surface area contributed by atoms with Crippen LogP contribution in [0.2, 0.25) is 0 Å². The first-order valence-corrected chi connectivity index (χ1v) is 9.28. The number of hydrogen-bond acceptors (Lipinski definition) is 2. The Balaban J connectivity index is 2.26. The zero-order valence-corrected chi connectivity index (χ0v) is 15.5. The van der Waals surface area contributed by atoms with E-state index in [-0.39, 0.29) is 0 Å². The SMILES string of the molecule is CCNC(=NCCCCN(C)C(C)C)NC1CCC(C)CC1. The number of guanidine groups is 1. The number of nitrogens with one attached hydrogen (secondary N) is 2. The molecule has 0 aliphatic heterocycles. The van der Waals surface area contributed by atoms with Crippen molar-refractivity contribution in [2.24, 2.45) is 10.9 Å². The molecule has 0 aromatic rings. The highest BCUT2D eigenvalue weighted by Gasteiger charge is 2.18. The molecule has 4 heteroatoms. The van der Waals surface area contributed by atoms with Crippen LogP contribution in [0.1, 0.15) is 66.2 Å². The van der Waals surface area contributed by atoms with Crippen molar-refractivity contribution in [3.05, 3.63) is 0 Å². The molecule has 4 nitrogen and oxygen atoms in total. The zero-order valence-electron chi connectivity index (χ0n) is 15.5. The van der Waals surface area contributed by atoms with Crippen molar-refractivity contribution < 1.29 is 0 Å². The maximum absolute atomic E-state index is 4.74. The molecule has 1 aliphatic carbocycles. The molecule has 1 saturated carbocycles. The Labute approximate surface area is 138 Å². The van der Waals surface area contributed by atoms with E-state index in [2.05, 4.69) is 50.3 Å². The van der Waals surface area contributed by atoms with Crippen molar-refractivity contribution in [1.82, 2.24) is 15.5 Å². The zero-order chi connectivity index (χ0) is 16.4. The van der Waals surface area contributed by atoms with Gasteiger partial charge in [0.2, 0.25) is 0 Å². The topological polar surface area (TPSA) is 39.7 Å². The maximum Gasteiger partial charge on any atom is 0.191 e. The third-order valence-electron chi connectivity index (χ3n) is 4.77. The third kappa shape index (κ3) is 8.02. The third-order valence-corrected chi connectivity index (χ3v) is 4.77. The van der Waals surface area contributed by atoms with Crippen LogP contribution in [0.3, 0.4) is 0 Å². The van der Waals surface area contributed by atoms with Gasteiger partial charge < -0.3 is 15.5 Å². The van der Waals surface area contributed by atoms with Gasteiger partial charge in [0.05, 0.1) is 0 Å². The molecule has 0 heterocycles. The van der Waals surface area contributed by atoms with Crippen LogP contribution < -0.4 is 10.6 Å². The second-order valence-electron chi connectivity index (χ2n) is 7.14. The first-order chi connectivity index (χ1) is 10.5. The fourth-order valence-corrected chi connectivity index (χ4v) is 2.84. The highest BCUT2D eigenvalue weighted by Crippen LogP contribution is 2.23. The number of hydrogen-bond donors (Lipinski definition) is 2. The second kappa shape index (κ2) is 10.9. The summed E-state index contributed by atoms with van der Waals surface area (Å²) in [5.74, 6) is 1.91. The van der Waals surface area contributed by atoms with Crippen LogP contribution in [0.5, 0.6) is 0 Å². The number of unbranched alkanes of at least 4 members (excludes halogenated alkanes) is 1. The molecule has 2 N–H and O–H groups in total. The highest BCUT2D eigenvalue weighted by atomic mass is 15.2. The predicted octanol–water partition coefficient (Wildman–Crippen LogP) is 3.24. The van der Waals surface area contributed by atoms with Crippen molar-refractivity contribution in [3.63, 3.8) is 0 Å². The lowest BCUT2D eigenvalue weighted by molar-refractivity contribution is 0.269. The molecule has 0 aromatic carbocycles. The minimum Gasteiger partial charge on any atom is -0.357 e. The van der Waals surface area contributed by atoms with Crippen LogP contribution in [0, 0.1) is 5.92 Å².